The molecule has 3 heteroatoms. The zero-order chi connectivity index (χ0) is 14.5. The Morgan fingerprint density at radius 1 is 1.10 bits per heavy atom. The third-order valence-electron chi connectivity index (χ3n) is 3.15. The molecular weight excluding hydrogens is 253 g/mol. The molecule has 0 unspecified atom stereocenters. The Bertz CT molecular complexity index is 581. The van der Waals surface area contributed by atoms with Gasteiger partial charge in [0, 0.05) is 23.7 Å². The van der Waals surface area contributed by atoms with E-state index in [2.05, 4.69) is 19.2 Å². The molecule has 0 saturated heterocycles. The van der Waals surface area contributed by atoms with Crippen LogP contribution in [0, 0.1) is 5.82 Å². The number of benzene rings is 2. The number of hydrogen-bond acceptors (Lipinski definition) is 2. The molecule has 2 nitrogen and oxygen atoms in total. The minimum atomic E-state index is -0.224. The number of rotatable bonds is 5. The van der Waals surface area contributed by atoms with Crippen LogP contribution in [0.2, 0.25) is 0 Å². The Morgan fingerprint density at radius 2 is 1.85 bits per heavy atom. The van der Waals surface area contributed by atoms with Crippen LogP contribution in [-0.2, 0) is 6.54 Å². The predicted octanol–water partition coefficient (Wildman–Crippen LogP) is 4.00. The highest BCUT2D eigenvalue weighted by Crippen LogP contribution is 2.31. The van der Waals surface area contributed by atoms with Gasteiger partial charge in [-0.2, -0.15) is 0 Å². The molecule has 0 heterocycles. The Morgan fingerprint density at radius 3 is 2.50 bits per heavy atom. The molecule has 0 amide bonds. The van der Waals surface area contributed by atoms with Crippen LogP contribution in [0.1, 0.15) is 19.4 Å². The number of para-hydroxylation sites is 1. The quantitative estimate of drug-likeness (QED) is 0.889. The highest BCUT2D eigenvalue weighted by Gasteiger charge is 2.10. The third kappa shape index (κ3) is 3.36. The summed E-state index contributed by atoms with van der Waals surface area (Å²) in [4.78, 5) is 0. The van der Waals surface area contributed by atoms with Crippen molar-refractivity contribution in [1.82, 2.24) is 5.32 Å². The van der Waals surface area contributed by atoms with Gasteiger partial charge in [0.1, 0.15) is 11.6 Å². The first kappa shape index (κ1) is 14.5. The van der Waals surface area contributed by atoms with Crippen LogP contribution in [0.25, 0.3) is 11.1 Å². The fourth-order valence-corrected chi connectivity index (χ4v) is 2.08. The van der Waals surface area contributed by atoms with Crippen molar-refractivity contribution in [3.63, 3.8) is 0 Å². The van der Waals surface area contributed by atoms with Gasteiger partial charge < -0.3 is 10.1 Å². The van der Waals surface area contributed by atoms with Crippen LogP contribution in [-0.4, -0.2) is 13.2 Å². The standard InChI is InChI=1S/C17H20FNO/c1-12(2)19-11-13-8-9-14(16(18)10-13)15-6-4-5-7-17(15)20-3/h4-10,12,19H,11H2,1-3H3. The molecule has 0 saturated carbocycles. The smallest absolute Gasteiger partial charge is 0.131 e. The van der Waals surface area contributed by atoms with Crippen molar-refractivity contribution in [2.24, 2.45) is 0 Å². The van der Waals surface area contributed by atoms with Crippen molar-refractivity contribution in [2.75, 3.05) is 7.11 Å². The number of halogens is 1. The van der Waals surface area contributed by atoms with E-state index in [-0.39, 0.29) is 5.82 Å². The van der Waals surface area contributed by atoms with Crippen LogP contribution in [0.15, 0.2) is 42.5 Å². The maximum absolute atomic E-state index is 14.3. The lowest BCUT2D eigenvalue weighted by Gasteiger charge is -2.12. The van der Waals surface area contributed by atoms with Crippen LogP contribution >= 0.6 is 0 Å². The van der Waals surface area contributed by atoms with Crippen molar-refractivity contribution in [1.29, 1.82) is 0 Å². The first-order chi connectivity index (χ1) is 9.61. The molecule has 0 aliphatic rings. The van der Waals surface area contributed by atoms with E-state index in [9.17, 15) is 4.39 Å². The molecule has 106 valence electrons. The molecule has 0 aliphatic carbocycles. The Labute approximate surface area is 119 Å². The lowest BCUT2D eigenvalue weighted by molar-refractivity contribution is 0.416. The van der Waals surface area contributed by atoms with Crippen molar-refractivity contribution >= 4 is 0 Å². The summed E-state index contributed by atoms with van der Waals surface area (Å²) in [7, 11) is 1.59. The van der Waals surface area contributed by atoms with E-state index in [4.69, 9.17) is 4.74 Å². The van der Waals surface area contributed by atoms with Gasteiger partial charge in [-0.25, -0.2) is 4.39 Å². The van der Waals surface area contributed by atoms with E-state index in [1.807, 2.05) is 36.4 Å². The van der Waals surface area contributed by atoms with Crippen LogP contribution in [0.5, 0.6) is 5.75 Å². The molecule has 2 aromatic carbocycles. The maximum atomic E-state index is 14.3. The van der Waals surface area contributed by atoms with Crippen molar-refractivity contribution in [3.05, 3.63) is 53.8 Å². The summed E-state index contributed by atoms with van der Waals surface area (Å²) in [6, 6.07) is 13.2. The van der Waals surface area contributed by atoms with Gasteiger partial charge in [-0.3, -0.25) is 0 Å². The molecule has 0 spiro atoms. The van der Waals surface area contributed by atoms with Crippen LogP contribution < -0.4 is 10.1 Å². The number of methoxy groups -OCH3 is 1. The summed E-state index contributed by atoms with van der Waals surface area (Å²) in [6.07, 6.45) is 0. The van der Waals surface area contributed by atoms with Gasteiger partial charge in [0.15, 0.2) is 0 Å². The second-order valence-corrected chi connectivity index (χ2v) is 5.05. The molecule has 0 bridgehead atoms. The zero-order valence-corrected chi connectivity index (χ0v) is 12.1. The maximum Gasteiger partial charge on any atom is 0.131 e. The van der Waals surface area contributed by atoms with E-state index in [0.29, 0.717) is 23.9 Å². The van der Waals surface area contributed by atoms with Gasteiger partial charge in [0.25, 0.3) is 0 Å². The molecule has 0 aliphatic heterocycles. The van der Waals surface area contributed by atoms with E-state index < -0.39 is 0 Å². The van der Waals surface area contributed by atoms with E-state index in [0.717, 1.165) is 11.1 Å². The summed E-state index contributed by atoms with van der Waals surface area (Å²) >= 11 is 0. The Hall–Kier alpha value is -1.87. The first-order valence-corrected chi connectivity index (χ1v) is 6.77. The Kier molecular flexibility index (Phi) is 4.74. The molecule has 1 N–H and O–H groups in total. The zero-order valence-electron chi connectivity index (χ0n) is 12.1. The lowest BCUT2D eigenvalue weighted by Crippen LogP contribution is -2.21. The van der Waals surface area contributed by atoms with E-state index >= 15 is 0 Å². The molecule has 2 rings (SSSR count). The van der Waals surface area contributed by atoms with Gasteiger partial charge in [-0.05, 0) is 17.7 Å². The molecule has 0 fully saturated rings. The molecule has 0 aromatic heterocycles. The minimum Gasteiger partial charge on any atom is -0.496 e. The Balaban J connectivity index is 2.30. The van der Waals surface area contributed by atoms with Gasteiger partial charge in [0.2, 0.25) is 0 Å². The highest BCUT2D eigenvalue weighted by molar-refractivity contribution is 5.71. The minimum absolute atomic E-state index is 0.224. The second kappa shape index (κ2) is 6.53. The fraction of sp³-hybridized carbons (Fsp3) is 0.294. The van der Waals surface area contributed by atoms with Gasteiger partial charge in [-0.15, -0.1) is 0 Å². The van der Waals surface area contributed by atoms with Crippen LogP contribution in [0.3, 0.4) is 0 Å². The average molecular weight is 273 g/mol. The number of ether oxygens (including phenoxy) is 1. The van der Waals surface area contributed by atoms with Crippen molar-refractivity contribution in [2.45, 2.75) is 26.4 Å². The average Bonchev–Trinajstić information content (AvgIpc) is 2.45. The molecule has 0 atom stereocenters. The number of hydrogen-bond donors (Lipinski definition) is 1. The SMILES string of the molecule is COc1ccccc1-c1ccc(CNC(C)C)cc1F. The van der Waals surface area contributed by atoms with Gasteiger partial charge in [-0.1, -0.05) is 44.2 Å². The number of nitrogens with one attached hydrogen (secondary N) is 1. The van der Waals surface area contributed by atoms with Gasteiger partial charge in [0.05, 0.1) is 7.11 Å². The predicted molar refractivity (Wildman–Crippen MR) is 80.4 cm³/mol. The summed E-state index contributed by atoms with van der Waals surface area (Å²) in [5, 5.41) is 3.28. The molecule has 20 heavy (non-hydrogen) atoms. The molecule has 0 radical (unpaired) electrons. The summed E-state index contributed by atoms with van der Waals surface area (Å²) in [5.74, 6) is 0.456. The van der Waals surface area contributed by atoms with E-state index in [1.54, 1.807) is 13.2 Å². The third-order valence-corrected chi connectivity index (χ3v) is 3.15. The van der Waals surface area contributed by atoms with Crippen molar-refractivity contribution < 1.29 is 9.13 Å². The monoisotopic (exact) mass is 273 g/mol. The second-order valence-electron chi connectivity index (χ2n) is 5.05. The molecular formula is C17H20FNO. The summed E-state index contributed by atoms with van der Waals surface area (Å²) < 4.78 is 19.6. The summed E-state index contributed by atoms with van der Waals surface area (Å²) in [5.41, 5.74) is 2.28. The van der Waals surface area contributed by atoms with Gasteiger partial charge >= 0.3 is 0 Å². The summed E-state index contributed by atoms with van der Waals surface area (Å²) in [6.45, 7) is 4.81. The van der Waals surface area contributed by atoms with Crippen molar-refractivity contribution in [3.8, 4) is 16.9 Å². The highest BCUT2D eigenvalue weighted by atomic mass is 19.1. The molecule has 2 aromatic rings. The first-order valence-electron chi connectivity index (χ1n) is 6.77. The normalized spacial score (nSPS) is 10.8. The largest absolute Gasteiger partial charge is 0.496 e. The fourth-order valence-electron chi connectivity index (χ4n) is 2.08. The van der Waals surface area contributed by atoms with E-state index in [1.165, 1.54) is 0 Å². The topological polar surface area (TPSA) is 21.3 Å². The van der Waals surface area contributed by atoms with Crippen LogP contribution in [0.4, 0.5) is 4.39 Å². The lowest BCUT2D eigenvalue weighted by atomic mass is 10.0.